The third kappa shape index (κ3) is 2.18. The van der Waals surface area contributed by atoms with E-state index in [-0.39, 0.29) is 5.91 Å². The van der Waals surface area contributed by atoms with Crippen molar-refractivity contribution >= 4 is 23.4 Å². The van der Waals surface area contributed by atoms with E-state index in [1.807, 2.05) is 0 Å². The fourth-order valence-corrected chi connectivity index (χ4v) is 2.20. The van der Waals surface area contributed by atoms with Gasteiger partial charge in [-0.3, -0.25) is 14.9 Å². The van der Waals surface area contributed by atoms with Crippen LogP contribution >= 0.6 is 11.6 Å². The molecule has 2 rings (SSSR count). The van der Waals surface area contributed by atoms with Crippen LogP contribution in [-0.4, -0.2) is 24.5 Å². The van der Waals surface area contributed by atoms with Gasteiger partial charge in [-0.2, -0.15) is 0 Å². The highest BCUT2D eigenvalue weighted by molar-refractivity contribution is 6.32. The summed E-state index contributed by atoms with van der Waals surface area (Å²) in [6, 6.07) is 6.98. The van der Waals surface area contributed by atoms with Crippen molar-refractivity contribution in [1.29, 1.82) is 0 Å². The molecular formula is C12H12ClNO3. The lowest BCUT2D eigenvalue weighted by Crippen LogP contribution is -2.27. The van der Waals surface area contributed by atoms with Crippen molar-refractivity contribution in [2.75, 3.05) is 6.61 Å². The van der Waals surface area contributed by atoms with E-state index in [4.69, 9.17) is 16.3 Å². The van der Waals surface area contributed by atoms with E-state index in [1.54, 1.807) is 31.2 Å². The maximum atomic E-state index is 11.8. The highest BCUT2D eigenvalue weighted by Gasteiger charge is 2.44. The molecule has 0 spiro atoms. The Labute approximate surface area is 104 Å². The van der Waals surface area contributed by atoms with Gasteiger partial charge >= 0.3 is 0 Å². The number of imide groups is 1. The molecule has 1 saturated heterocycles. The minimum atomic E-state index is -0.785. The quantitative estimate of drug-likeness (QED) is 0.831. The maximum absolute atomic E-state index is 11.8. The largest absolute Gasteiger partial charge is 0.367 e. The monoisotopic (exact) mass is 253 g/mol. The second kappa shape index (κ2) is 4.85. The van der Waals surface area contributed by atoms with E-state index in [0.717, 1.165) is 0 Å². The molecule has 0 bridgehead atoms. The van der Waals surface area contributed by atoms with Crippen molar-refractivity contribution < 1.29 is 14.3 Å². The van der Waals surface area contributed by atoms with Gasteiger partial charge in [-0.15, -0.1) is 0 Å². The van der Waals surface area contributed by atoms with E-state index in [2.05, 4.69) is 5.32 Å². The van der Waals surface area contributed by atoms with E-state index >= 15 is 0 Å². The van der Waals surface area contributed by atoms with Gasteiger partial charge in [-0.05, 0) is 18.6 Å². The lowest BCUT2D eigenvalue weighted by Gasteiger charge is -2.16. The summed E-state index contributed by atoms with van der Waals surface area (Å²) in [7, 11) is 0. The molecule has 1 heterocycles. The van der Waals surface area contributed by atoms with Gasteiger partial charge < -0.3 is 4.74 Å². The third-order valence-corrected chi connectivity index (χ3v) is 3.02. The molecule has 1 N–H and O–H groups in total. The van der Waals surface area contributed by atoms with Crippen molar-refractivity contribution in [3.8, 4) is 0 Å². The number of halogens is 1. The number of ether oxygens (including phenoxy) is 1. The zero-order valence-electron chi connectivity index (χ0n) is 9.27. The molecule has 17 heavy (non-hydrogen) atoms. The smallest absolute Gasteiger partial charge is 0.256 e. The van der Waals surface area contributed by atoms with Crippen LogP contribution in [0.4, 0.5) is 0 Å². The van der Waals surface area contributed by atoms with E-state index in [9.17, 15) is 9.59 Å². The molecular weight excluding hydrogens is 242 g/mol. The normalized spacial score (nSPS) is 23.9. The predicted octanol–water partition coefficient (Wildman–Crippen LogP) is 1.49. The number of hydrogen-bond acceptors (Lipinski definition) is 3. The van der Waals surface area contributed by atoms with Crippen LogP contribution in [0.5, 0.6) is 0 Å². The Balaban J connectivity index is 2.38. The summed E-state index contributed by atoms with van der Waals surface area (Å²) >= 11 is 6.04. The first kappa shape index (κ1) is 12.1. The van der Waals surface area contributed by atoms with Gasteiger partial charge in [-0.1, -0.05) is 29.8 Å². The van der Waals surface area contributed by atoms with Crippen LogP contribution in [0, 0.1) is 0 Å². The number of carbonyl (C=O) groups excluding carboxylic acids is 2. The molecule has 0 radical (unpaired) electrons. The van der Waals surface area contributed by atoms with Crippen LogP contribution in [0.3, 0.4) is 0 Å². The van der Waals surface area contributed by atoms with Crippen molar-refractivity contribution in [2.24, 2.45) is 0 Å². The second-order valence-corrected chi connectivity index (χ2v) is 4.14. The van der Waals surface area contributed by atoms with E-state index < -0.39 is 17.9 Å². The minimum Gasteiger partial charge on any atom is -0.367 e. The first-order valence-electron chi connectivity index (χ1n) is 5.36. The molecule has 90 valence electrons. The zero-order valence-corrected chi connectivity index (χ0v) is 10.0. The molecule has 1 aromatic carbocycles. The standard InChI is InChI=1S/C12H12ClNO3/c1-2-17-10-9(11(15)14-12(10)16)7-5-3-4-6-8(7)13/h3-6,9-10H,2H2,1H3,(H,14,15,16). The Bertz CT molecular complexity index is 461. The highest BCUT2D eigenvalue weighted by atomic mass is 35.5. The summed E-state index contributed by atoms with van der Waals surface area (Å²) in [6.45, 7) is 2.14. The van der Waals surface area contributed by atoms with Gasteiger partial charge in [0.25, 0.3) is 5.91 Å². The molecule has 1 aromatic rings. The van der Waals surface area contributed by atoms with Crippen molar-refractivity contribution in [2.45, 2.75) is 18.9 Å². The third-order valence-electron chi connectivity index (χ3n) is 2.68. The Hall–Kier alpha value is -1.39. The topological polar surface area (TPSA) is 55.4 Å². The number of carbonyl (C=O) groups is 2. The van der Waals surface area contributed by atoms with Crippen LogP contribution in [0.1, 0.15) is 18.4 Å². The van der Waals surface area contributed by atoms with Crippen LogP contribution in [-0.2, 0) is 14.3 Å². The molecule has 1 aliphatic rings. The molecule has 2 unspecified atom stereocenters. The van der Waals surface area contributed by atoms with Crippen LogP contribution in [0.15, 0.2) is 24.3 Å². The molecule has 2 amide bonds. The van der Waals surface area contributed by atoms with Crippen LogP contribution < -0.4 is 5.32 Å². The van der Waals surface area contributed by atoms with Crippen molar-refractivity contribution in [3.63, 3.8) is 0 Å². The van der Waals surface area contributed by atoms with Gasteiger partial charge in [0.05, 0.1) is 0 Å². The van der Waals surface area contributed by atoms with Crippen LogP contribution in [0.25, 0.3) is 0 Å². The molecule has 5 heteroatoms. The summed E-state index contributed by atoms with van der Waals surface area (Å²) in [5, 5.41) is 2.73. The number of amides is 2. The van der Waals surface area contributed by atoms with E-state index in [1.165, 1.54) is 0 Å². The molecule has 0 aliphatic carbocycles. The second-order valence-electron chi connectivity index (χ2n) is 3.73. The Morgan fingerprint density at radius 1 is 1.29 bits per heavy atom. The average molecular weight is 254 g/mol. The van der Waals surface area contributed by atoms with Gasteiger partial charge in [0.1, 0.15) is 5.92 Å². The summed E-state index contributed by atoms with van der Waals surface area (Å²) in [5.74, 6) is -1.42. The summed E-state index contributed by atoms with van der Waals surface area (Å²) < 4.78 is 5.32. The lowest BCUT2D eigenvalue weighted by molar-refractivity contribution is -0.129. The zero-order chi connectivity index (χ0) is 12.4. The average Bonchev–Trinajstić information content (AvgIpc) is 2.56. The fourth-order valence-electron chi connectivity index (χ4n) is 1.94. The molecule has 0 aromatic heterocycles. The van der Waals surface area contributed by atoms with Crippen LogP contribution in [0.2, 0.25) is 5.02 Å². The fraction of sp³-hybridized carbons (Fsp3) is 0.333. The SMILES string of the molecule is CCOC1C(=O)NC(=O)C1c1ccccc1Cl. The molecule has 1 aliphatic heterocycles. The van der Waals surface area contributed by atoms with Gasteiger partial charge in [0.2, 0.25) is 5.91 Å². The van der Waals surface area contributed by atoms with Gasteiger partial charge in [0, 0.05) is 11.6 Å². The Morgan fingerprint density at radius 2 is 2.00 bits per heavy atom. The number of nitrogens with one attached hydrogen (secondary N) is 1. The molecule has 4 nitrogen and oxygen atoms in total. The first-order chi connectivity index (χ1) is 8.15. The van der Waals surface area contributed by atoms with Gasteiger partial charge in [-0.25, -0.2) is 0 Å². The lowest BCUT2D eigenvalue weighted by atomic mass is 9.95. The molecule has 2 atom stereocenters. The van der Waals surface area contributed by atoms with Crippen molar-refractivity contribution in [1.82, 2.24) is 5.32 Å². The van der Waals surface area contributed by atoms with Crippen molar-refractivity contribution in [3.05, 3.63) is 34.9 Å². The minimum absolute atomic E-state index is 0.360. The van der Waals surface area contributed by atoms with E-state index in [0.29, 0.717) is 17.2 Å². The molecule has 0 saturated carbocycles. The molecule has 1 fully saturated rings. The Kier molecular flexibility index (Phi) is 3.45. The summed E-state index contributed by atoms with van der Waals surface area (Å²) in [4.78, 5) is 23.3. The maximum Gasteiger partial charge on any atom is 0.256 e. The summed E-state index contributed by atoms with van der Waals surface area (Å²) in [6.07, 6.45) is -0.785. The first-order valence-corrected chi connectivity index (χ1v) is 5.73. The summed E-state index contributed by atoms with van der Waals surface area (Å²) in [5.41, 5.74) is 0.621. The number of rotatable bonds is 3. The predicted molar refractivity (Wildman–Crippen MR) is 62.8 cm³/mol. The number of benzene rings is 1. The number of hydrogen-bond donors (Lipinski definition) is 1. The Morgan fingerprint density at radius 3 is 2.65 bits per heavy atom. The highest BCUT2D eigenvalue weighted by Crippen LogP contribution is 2.31. The van der Waals surface area contributed by atoms with Gasteiger partial charge in [0.15, 0.2) is 6.10 Å².